The van der Waals surface area contributed by atoms with E-state index in [1.807, 2.05) is 60.0 Å². The molecule has 0 spiro atoms. The predicted octanol–water partition coefficient (Wildman–Crippen LogP) is 3.18. The molecule has 3 rings (SSSR count). The third kappa shape index (κ3) is 3.65. The van der Waals surface area contributed by atoms with E-state index < -0.39 is 0 Å². The van der Waals surface area contributed by atoms with E-state index in [1.165, 1.54) is 11.8 Å². The van der Waals surface area contributed by atoms with Gasteiger partial charge in [0.2, 0.25) is 5.91 Å². The van der Waals surface area contributed by atoms with Gasteiger partial charge in [-0.2, -0.15) is 0 Å². The fourth-order valence-corrected chi connectivity index (χ4v) is 3.14. The zero-order valence-corrected chi connectivity index (χ0v) is 14.0. The Morgan fingerprint density at radius 2 is 2.04 bits per heavy atom. The van der Waals surface area contributed by atoms with E-state index in [9.17, 15) is 4.79 Å². The summed E-state index contributed by atoms with van der Waals surface area (Å²) in [5.41, 5.74) is 1.66. The lowest BCUT2D eigenvalue weighted by molar-refractivity contribution is -0.120. The molecule has 0 saturated heterocycles. The molecule has 2 heterocycles. The van der Waals surface area contributed by atoms with Gasteiger partial charge in [0, 0.05) is 17.8 Å². The van der Waals surface area contributed by atoms with Crippen molar-refractivity contribution in [2.75, 3.05) is 0 Å². The number of pyridine rings is 1. The molecule has 0 aliphatic carbocycles. The highest BCUT2D eigenvalue weighted by Crippen LogP contribution is 2.22. The molecule has 0 aliphatic heterocycles. The van der Waals surface area contributed by atoms with Crippen LogP contribution in [-0.4, -0.2) is 25.8 Å². The Hall–Kier alpha value is -2.05. The van der Waals surface area contributed by atoms with E-state index in [0.29, 0.717) is 16.7 Å². The molecule has 0 radical (unpaired) electrons. The van der Waals surface area contributed by atoms with Crippen molar-refractivity contribution in [1.82, 2.24) is 19.9 Å². The third-order valence-corrected chi connectivity index (χ3v) is 4.77. The fourth-order valence-electron chi connectivity index (χ4n) is 2.08. The molecule has 5 nitrogen and oxygen atoms in total. The topological polar surface area (TPSA) is 59.3 Å². The van der Waals surface area contributed by atoms with Gasteiger partial charge in [-0.15, -0.1) is 10.2 Å². The lowest BCUT2D eigenvalue weighted by atomic mass is 10.2. The predicted molar refractivity (Wildman–Crippen MR) is 91.6 cm³/mol. The largest absolute Gasteiger partial charge is 0.351 e. The summed E-state index contributed by atoms with van der Waals surface area (Å²) in [7, 11) is 0. The highest BCUT2D eigenvalue weighted by molar-refractivity contribution is 8.00. The Bertz CT molecular complexity index is 836. The molecule has 2 aromatic heterocycles. The summed E-state index contributed by atoms with van der Waals surface area (Å²) in [4.78, 5) is 12.3. The Morgan fingerprint density at radius 1 is 1.26 bits per heavy atom. The van der Waals surface area contributed by atoms with Crippen molar-refractivity contribution in [3.05, 3.63) is 59.2 Å². The van der Waals surface area contributed by atoms with Gasteiger partial charge in [-0.3, -0.25) is 9.20 Å². The number of rotatable bonds is 5. The van der Waals surface area contributed by atoms with E-state index in [1.54, 1.807) is 0 Å². The van der Waals surface area contributed by atoms with Crippen molar-refractivity contribution in [3.63, 3.8) is 0 Å². The smallest absolute Gasteiger partial charge is 0.233 e. The molecule has 1 amide bonds. The Morgan fingerprint density at radius 3 is 2.87 bits per heavy atom. The van der Waals surface area contributed by atoms with Crippen molar-refractivity contribution < 1.29 is 4.79 Å². The average Bonchev–Trinajstić information content (AvgIpc) is 2.97. The first-order valence-corrected chi connectivity index (χ1v) is 8.38. The summed E-state index contributed by atoms with van der Waals surface area (Å²) in [6.07, 6.45) is 1.88. The first kappa shape index (κ1) is 15.8. The van der Waals surface area contributed by atoms with Crippen molar-refractivity contribution in [3.8, 4) is 0 Å². The second-order valence-corrected chi connectivity index (χ2v) is 6.70. The molecule has 0 fully saturated rings. The van der Waals surface area contributed by atoms with Crippen LogP contribution in [0.1, 0.15) is 12.5 Å². The maximum atomic E-state index is 12.3. The van der Waals surface area contributed by atoms with Crippen LogP contribution < -0.4 is 5.32 Å². The Kier molecular flexibility index (Phi) is 4.83. The van der Waals surface area contributed by atoms with Crippen LogP contribution in [-0.2, 0) is 11.3 Å². The van der Waals surface area contributed by atoms with Crippen molar-refractivity contribution >= 4 is 34.9 Å². The van der Waals surface area contributed by atoms with Gasteiger partial charge in [0.1, 0.15) is 0 Å². The summed E-state index contributed by atoms with van der Waals surface area (Å²) in [6, 6.07) is 13.1. The number of thioether (sulfide) groups is 1. The third-order valence-electron chi connectivity index (χ3n) is 3.34. The summed E-state index contributed by atoms with van der Waals surface area (Å²) in [5, 5.41) is 12.2. The van der Waals surface area contributed by atoms with E-state index in [4.69, 9.17) is 11.6 Å². The molecule has 3 aromatic rings. The number of benzene rings is 1. The minimum Gasteiger partial charge on any atom is -0.351 e. The van der Waals surface area contributed by atoms with E-state index in [0.717, 1.165) is 11.2 Å². The van der Waals surface area contributed by atoms with Crippen LogP contribution in [0.15, 0.2) is 53.8 Å². The van der Waals surface area contributed by atoms with E-state index in [2.05, 4.69) is 15.5 Å². The molecule has 1 N–H and O–H groups in total. The average molecular weight is 347 g/mol. The Balaban J connectivity index is 1.63. The number of amides is 1. The van der Waals surface area contributed by atoms with Gasteiger partial charge in [0.15, 0.2) is 10.8 Å². The van der Waals surface area contributed by atoms with Gasteiger partial charge in [-0.25, -0.2) is 0 Å². The number of fused-ring (bicyclic) bond motifs is 1. The van der Waals surface area contributed by atoms with Crippen LogP contribution in [0.3, 0.4) is 0 Å². The number of carbonyl (C=O) groups is 1. The zero-order chi connectivity index (χ0) is 16.2. The summed E-state index contributed by atoms with van der Waals surface area (Å²) in [6.45, 7) is 2.25. The first-order chi connectivity index (χ1) is 11.1. The maximum Gasteiger partial charge on any atom is 0.233 e. The van der Waals surface area contributed by atoms with Gasteiger partial charge in [-0.1, -0.05) is 47.6 Å². The van der Waals surface area contributed by atoms with Gasteiger partial charge in [0.25, 0.3) is 0 Å². The molecule has 0 aliphatic rings. The molecular formula is C16H15ClN4OS. The summed E-state index contributed by atoms with van der Waals surface area (Å²) >= 11 is 7.46. The summed E-state index contributed by atoms with van der Waals surface area (Å²) in [5.74, 6) is -0.0670. The van der Waals surface area contributed by atoms with E-state index >= 15 is 0 Å². The van der Waals surface area contributed by atoms with Gasteiger partial charge < -0.3 is 5.32 Å². The number of halogens is 1. The highest BCUT2D eigenvalue weighted by Gasteiger charge is 2.17. The highest BCUT2D eigenvalue weighted by atomic mass is 35.5. The van der Waals surface area contributed by atoms with Crippen LogP contribution in [0.25, 0.3) is 5.65 Å². The molecule has 23 heavy (non-hydrogen) atoms. The number of aromatic nitrogens is 3. The molecule has 1 atom stereocenters. The number of nitrogens with zero attached hydrogens (tertiary/aromatic N) is 3. The molecular weight excluding hydrogens is 332 g/mol. The van der Waals surface area contributed by atoms with Crippen LogP contribution in [0.5, 0.6) is 0 Å². The standard InChI is InChI=1S/C16H15ClN4OS/c1-11(15(22)18-10-12-6-2-3-7-13(12)17)23-16-20-19-14-8-4-5-9-21(14)16/h2-9,11H,10H2,1H3,(H,18,22)/t11-/m0/s1. The van der Waals surface area contributed by atoms with Gasteiger partial charge in [-0.05, 0) is 30.7 Å². The molecule has 0 unspecified atom stereocenters. The molecule has 7 heteroatoms. The van der Waals surface area contributed by atoms with Crippen LogP contribution in [0.4, 0.5) is 0 Å². The minimum absolute atomic E-state index is 0.0670. The van der Waals surface area contributed by atoms with Crippen molar-refractivity contribution in [2.24, 2.45) is 0 Å². The van der Waals surface area contributed by atoms with Crippen LogP contribution in [0.2, 0.25) is 5.02 Å². The fraction of sp³-hybridized carbons (Fsp3) is 0.188. The minimum atomic E-state index is -0.287. The van der Waals surface area contributed by atoms with E-state index in [-0.39, 0.29) is 11.2 Å². The Labute approximate surface area is 143 Å². The molecule has 1 aromatic carbocycles. The lowest BCUT2D eigenvalue weighted by Crippen LogP contribution is -2.30. The maximum absolute atomic E-state index is 12.3. The molecule has 0 bridgehead atoms. The van der Waals surface area contributed by atoms with Crippen molar-refractivity contribution in [2.45, 2.75) is 23.9 Å². The number of hydrogen-bond donors (Lipinski definition) is 1. The number of carbonyl (C=O) groups excluding carboxylic acids is 1. The molecule has 0 saturated carbocycles. The van der Waals surface area contributed by atoms with Crippen molar-refractivity contribution in [1.29, 1.82) is 0 Å². The van der Waals surface area contributed by atoms with Gasteiger partial charge in [0.05, 0.1) is 5.25 Å². The lowest BCUT2D eigenvalue weighted by Gasteiger charge is -2.11. The molecule has 118 valence electrons. The zero-order valence-electron chi connectivity index (χ0n) is 12.4. The van der Waals surface area contributed by atoms with Crippen LogP contribution in [0, 0.1) is 0 Å². The second kappa shape index (κ2) is 7.02. The van der Waals surface area contributed by atoms with Crippen LogP contribution >= 0.6 is 23.4 Å². The quantitative estimate of drug-likeness (QED) is 0.721. The number of nitrogens with one attached hydrogen (secondary N) is 1. The monoisotopic (exact) mass is 346 g/mol. The van der Waals surface area contributed by atoms with Gasteiger partial charge >= 0.3 is 0 Å². The second-order valence-electron chi connectivity index (χ2n) is 4.98. The SMILES string of the molecule is C[C@H](Sc1nnc2ccccn12)C(=O)NCc1ccccc1Cl. The first-order valence-electron chi connectivity index (χ1n) is 7.12. The normalized spacial score (nSPS) is 12.3. The number of hydrogen-bond acceptors (Lipinski definition) is 4. The summed E-state index contributed by atoms with van der Waals surface area (Å²) < 4.78 is 1.86.